The van der Waals surface area contributed by atoms with Crippen molar-refractivity contribution >= 4 is 17.5 Å². The molecular weight excluding hydrogens is 276 g/mol. The summed E-state index contributed by atoms with van der Waals surface area (Å²) in [6.07, 6.45) is 0. The van der Waals surface area contributed by atoms with Crippen LogP contribution in [0.15, 0.2) is 16.5 Å². The first-order valence-electron chi connectivity index (χ1n) is 6.81. The van der Waals surface area contributed by atoms with Crippen molar-refractivity contribution in [3.05, 3.63) is 23.7 Å². The van der Waals surface area contributed by atoms with Gasteiger partial charge in [0.1, 0.15) is 11.5 Å². The second-order valence-electron chi connectivity index (χ2n) is 6.06. The Morgan fingerprint density at radius 3 is 2.40 bits per heavy atom. The third-order valence-electron chi connectivity index (χ3n) is 3.16. The molecule has 0 aromatic carbocycles. The maximum Gasteiger partial charge on any atom is 0.229 e. The molecule has 0 saturated heterocycles. The van der Waals surface area contributed by atoms with Gasteiger partial charge in [-0.2, -0.15) is 0 Å². The lowest BCUT2D eigenvalue weighted by atomic mass is 9.94. The fourth-order valence-electron chi connectivity index (χ4n) is 1.82. The second-order valence-corrected chi connectivity index (χ2v) is 6.33. The third-order valence-corrected chi connectivity index (χ3v) is 3.83. The van der Waals surface area contributed by atoms with E-state index in [1.165, 1.54) is 0 Å². The van der Waals surface area contributed by atoms with Crippen LogP contribution in [0, 0.1) is 12.3 Å². The van der Waals surface area contributed by atoms with Crippen LogP contribution < -0.4 is 0 Å². The van der Waals surface area contributed by atoms with Gasteiger partial charge in [0.25, 0.3) is 0 Å². The van der Waals surface area contributed by atoms with Gasteiger partial charge in [-0.25, -0.2) is 0 Å². The highest BCUT2D eigenvalue weighted by atomic mass is 35.5. The summed E-state index contributed by atoms with van der Waals surface area (Å²) in [6.45, 7) is 7.60. The van der Waals surface area contributed by atoms with E-state index in [4.69, 9.17) is 16.0 Å². The number of halogens is 1. The lowest BCUT2D eigenvalue weighted by Crippen LogP contribution is -2.44. The molecule has 0 unspecified atom stereocenters. The van der Waals surface area contributed by atoms with Gasteiger partial charge in [-0.05, 0) is 47.0 Å². The maximum atomic E-state index is 12.6. The highest BCUT2D eigenvalue weighted by Crippen LogP contribution is 2.22. The number of nitrogens with zero attached hydrogens (tertiary/aromatic N) is 2. The Bertz CT molecular complexity index is 441. The van der Waals surface area contributed by atoms with Gasteiger partial charge in [0.2, 0.25) is 5.91 Å². The fraction of sp³-hybridized carbons (Fsp3) is 0.667. The Hall–Kier alpha value is -1.00. The standard InChI is InChI=1S/C15H25ClN2O2/c1-12-6-7-13(20-12)10-18(9-8-17(4)5)14(19)15(2,3)11-16/h6-7H,8-11H2,1-5H3. The first-order chi connectivity index (χ1) is 9.26. The Balaban J connectivity index is 2.81. The van der Waals surface area contributed by atoms with E-state index in [0.29, 0.717) is 19.0 Å². The third kappa shape index (κ3) is 4.84. The van der Waals surface area contributed by atoms with Gasteiger partial charge in [-0.3, -0.25) is 4.79 Å². The zero-order valence-electron chi connectivity index (χ0n) is 13.1. The number of furan rings is 1. The van der Waals surface area contributed by atoms with Crippen LogP contribution in [0.4, 0.5) is 0 Å². The zero-order chi connectivity index (χ0) is 15.3. The number of carbonyl (C=O) groups excluding carboxylic acids is 1. The minimum atomic E-state index is -0.560. The van der Waals surface area contributed by atoms with Crippen molar-refractivity contribution in [1.29, 1.82) is 0 Å². The van der Waals surface area contributed by atoms with Gasteiger partial charge in [-0.15, -0.1) is 11.6 Å². The molecule has 0 aliphatic carbocycles. The SMILES string of the molecule is Cc1ccc(CN(CCN(C)C)C(=O)C(C)(C)CCl)o1. The monoisotopic (exact) mass is 300 g/mol. The summed E-state index contributed by atoms with van der Waals surface area (Å²) < 4.78 is 5.58. The van der Waals surface area contributed by atoms with Gasteiger partial charge in [-0.1, -0.05) is 0 Å². The van der Waals surface area contributed by atoms with Gasteiger partial charge < -0.3 is 14.2 Å². The highest BCUT2D eigenvalue weighted by Gasteiger charge is 2.31. The fourth-order valence-corrected chi connectivity index (χ4v) is 1.93. The van der Waals surface area contributed by atoms with Crippen molar-refractivity contribution in [3.63, 3.8) is 0 Å². The predicted octanol–water partition coefficient (Wildman–Crippen LogP) is 2.74. The van der Waals surface area contributed by atoms with Crippen molar-refractivity contribution in [2.24, 2.45) is 5.41 Å². The van der Waals surface area contributed by atoms with Gasteiger partial charge in [0.15, 0.2) is 0 Å². The summed E-state index contributed by atoms with van der Waals surface area (Å²) >= 11 is 5.92. The van der Waals surface area contributed by atoms with E-state index in [9.17, 15) is 4.79 Å². The number of hydrogen-bond donors (Lipinski definition) is 0. The van der Waals surface area contributed by atoms with E-state index in [0.717, 1.165) is 18.1 Å². The van der Waals surface area contributed by atoms with Crippen LogP contribution in [-0.4, -0.2) is 48.8 Å². The molecular formula is C15H25ClN2O2. The molecule has 0 N–H and O–H groups in total. The first-order valence-corrected chi connectivity index (χ1v) is 7.35. The molecule has 5 heteroatoms. The maximum absolute atomic E-state index is 12.6. The molecule has 0 fully saturated rings. The van der Waals surface area contributed by atoms with Gasteiger partial charge in [0.05, 0.1) is 12.0 Å². The van der Waals surface area contributed by atoms with Crippen molar-refractivity contribution < 1.29 is 9.21 Å². The summed E-state index contributed by atoms with van der Waals surface area (Å²) in [7, 11) is 3.98. The number of amides is 1. The summed E-state index contributed by atoms with van der Waals surface area (Å²) in [5.74, 6) is 2.03. The van der Waals surface area contributed by atoms with E-state index in [1.54, 1.807) is 0 Å². The molecule has 0 aliphatic heterocycles. The summed E-state index contributed by atoms with van der Waals surface area (Å²) in [4.78, 5) is 16.5. The van der Waals surface area contributed by atoms with Crippen molar-refractivity contribution in [1.82, 2.24) is 9.80 Å². The molecule has 1 aromatic rings. The normalized spacial score (nSPS) is 11.9. The lowest BCUT2D eigenvalue weighted by Gasteiger charge is -2.31. The number of hydrogen-bond acceptors (Lipinski definition) is 3. The van der Waals surface area contributed by atoms with Crippen molar-refractivity contribution in [3.8, 4) is 0 Å². The Labute approximate surface area is 126 Å². The van der Waals surface area contributed by atoms with Crippen LogP contribution in [0.3, 0.4) is 0 Å². The average molecular weight is 301 g/mol. The molecule has 114 valence electrons. The average Bonchev–Trinajstić information content (AvgIpc) is 2.78. The van der Waals surface area contributed by atoms with E-state index in [2.05, 4.69) is 4.90 Å². The van der Waals surface area contributed by atoms with Crippen LogP contribution in [0.1, 0.15) is 25.4 Å². The minimum Gasteiger partial charge on any atom is -0.464 e. The van der Waals surface area contributed by atoms with Crippen LogP contribution in [-0.2, 0) is 11.3 Å². The molecule has 0 spiro atoms. The summed E-state index contributed by atoms with van der Waals surface area (Å²) in [5, 5.41) is 0. The second kappa shape index (κ2) is 7.14. The molecule has 1 amide bonds. The van der Waals surface area contributed by atoms with E-state index < -0.39 is 5.41 Å². The Kier molecular flexibility index (Phi) is 6.08. The van der Waals surface area contributed by atoms with Crippen molar-refractivity contribution in [2.75, 3.05) is 33.1 Å². The van der Waals surface area contributed by atoms with Crippen LogP contribution in [0.5, 0.6) is 0 Å². The molecule has 20 heavy (non-hydrogen) atoms. The summed E-state index contributed by atoms with van der Waals surface area (Å²) in [6, 6.07) is 3.83. The van der Waals surface area contributed by atoms with Crippen LogP contribution in [0.25, 0.3) is 0 Å². The Morgan fingerprint density at radius 1 is 1.30 bits per heavy atom. The van der Waals surface area contributed by atoms with Crippen molar-refractivity contribution in [2.45, 2.75) is 27.3 Å². The number of carbonyl (C=O) groups is 1. The first kappa shape index (κ1) is 17.1. The smallest absolute Gasteiger partial charge is 0.229 e. The molecule has 0 aliphatic rings. The van der Waals surface area contributed by atoms with E-state index >= 15 is 0 Å². The largest absolute Gasteiger partial charge is 0.464 e. The number of rotatable bonds is 7. The molecule has 0 atom stereocenters. The number of aryl methyl sites for hydroxylation is 1. The van der Waals surface area contributed by atoms with Crippen LogP contribution >= 0.6 is 11.6 Å². The molecule has 0 saturated carbocycles. The minimum absolute atomic E-state index is 0.0587. The van der Waals surface area contributed by atoms with Gasteiger partial charge >= 0.3 is 0 Å². The predicted molar refractivity (Wildman–Crippen MR) is 81.9 cm³/mol. The highest BCUT2D eigenvalue weighted by molar-refractivity contribution is 6.19. The van der Waals surface area contributed by atoms with E-state index in [1.807, 2.05) is 51.9 Å². The molecule has 4 nitrogen and oxygen atoms in total. The van der Waals surface area contributed by atoms with Gasteiger partial charge in [0, 0.05) is 19.0 Å². The quantitative estimate of drug-likeness (QED) is 0.727. The topological polar surface area (TPSA) is 36.7 Å². The number of alkyl halides is 1. The number of likely N-dealkylation sites (N-methyl/N-ethyl adjacent to an activating group) is 1. The lowest BCUT2D eigenvalue weighted by molar-refractivity contribution is -0.140. The molecule has 0 bridgehead atoms. The van der Waals surface area contributed by atoms with E-state index in [-0.39, 0.29) is 5.91 Å². The molecule has 1 aromatic heterocycles. The van der Waals surface area contributed by atoms with Crippen LogP contribution in [0.2, 0.25) is 0 Å². The zero-order valence-corrected chi connectivity index (χ0v) is 13.8. The molecule has 0 radical (unpaired) electrons. The Morgan fingerprint density at radius 2 is 1.95 bits per heavy atom. The summed E-state index contributed by atoms with van der Waals surface area (Å²) in [5.41, 5.74) is -0.560. The molecule has 1 heterocycles. The molecule has 1 rings (SSSR count).